The van der Waals surface area contributed by atoms with Crippen molar-refractivity contribution >= 4 is 23.4 Å². The van der Waals surface area contributed by atoms with Crippen LogP contribution in [0, 0.1) is 6.92 Å². The molecule has 0 atom stereocenters. The van der Waals surface area contributed by atoms with Crippen LogP contribution in [0.15, 0.2) is 12.1 Å². The third-order valence-corrected chi connectivity index (χ3v) is 3.50. The number of ether oxygens (including phenoxy) is 1. The van der Waals surface area contributed by atoms with Crippen molar-refractivity contribution in [2.24, 2.45) is 0 Å². The van der Waals surface area contributed by atoms with Gasteiger partial charge in [-0.25, -0.2) is 0 Å². The van der Waals surface area contributed by atoms with Crippen LogP contribution >= 0.6 is 11.6 Å². The van der Waals surface area contributed by atoms with E-state index in [4.69, 9.17) is 16.3 Å². The molecule has 0 aliphatic heterocycles. The van der Waals surface area contributed by atoms with E-state index in [1.54, 1.807) is 0 Å². The van der Waals surface area contributed by atoms with Crippen molar-refractivity contribution in [2.75, 3.05) is 19.7 Å². The van der Waals surface area contributed by atoms with Gasteiger partial charge in [-0.2, -0.15) is 0 Å². The number of nitrogens with one attached hydrogen (secondary N) is 2. The average Bonchev–Trinajstić information content (AvgIpc) is 2.44. The molecule has 0 radical (unpaired) electrons. The predicted molar refractivity (Wildman–Crippen MR) is 87.5 cm³/mol. The highest BCUT2D eigenvalue weighted by Crippen LogP contribution is 2.31. The summed E-state index contributed by atoms with van der Waals surface area (Å²) in [5.41, 5.74) is 1.88. The summed E-state index contributed by atoms with van der Waals surface area (Å²) in [5, 5.41) is 5.97. The van der Waals surface area contributed by atoms with E-state index in [2.05, 4.69) is 10.6 Å². The molecule has 6 heteroatoms. The Bertz CT molecular complexity index is 544. The molecule has 0 saturated carbocycles. The first kappa shape index (κ1) is 18.3. The summed E-state index contributed by atoms with van der Waals surface area (Å²) < 4.78 is 5.62. The van der Waals surface area contributed by atoms with Gasteiger partial charge in [0.2, 0.25) is 5.91 Å². The number of benzene rings is 1. The minimum absolute atomic E-state index is 0.0686. The number of amides is 2. The van der Waals surface area contributed by atoms with Crippen molar-refractivity contribution in [3.63, 3.8) is 0 Å². The van der Waals surface area contributed by atoms with Gasteiger partial charge in [0.05, 0.1) is 0 Å². The normalized spacial score (nSPS) is 10.5. The first-order valence-corrected chi connectivity index (χ1v) is 7.63. The minimum Gasteiger partial charge on any atom is -0.483 e. The van der Waals surface area contributed by atoms with Gasteiger partial charge in [-0.3, -0.25) is 9.59 Å². The highest BCUT2D eigenvalue weighted by molar-refractivity contribution is 6.31. The molecular formula is C16H23ClN2O3. The van der Waals surface area contributed by atoms with Gasteiger partial charge >= 0.3 is 0 Å². The number of carbonyl (C=O) groups excluding carboxylic acids is 2. The number of hydrogen-bond acceptors (Lipinski definition) is 3. The van der Waals surface area contributed by atoms with E-state index >= 15 is 0 Å². The molecule has 0 saturated heterocycles. The average molecular weight is 327 g/mol. The summed E-state index contributed by atoms with van der Waals surface area (Å²) in [6, 6.07) is 3.73. The molecule has 22 heavy (non-hydrogen) atoms. The van der Waals surface area contributed by atoms with Crippen LogP contribution in [0.5, 0.6) is 5.75 Å². The molecule has 0 heterocycles. The smallest absolute Gasteiger partial charge is 0.258 e. The Kier molecular flexibility index (Phi) is 7.18. The van der Waals surface area contributed by atoms with Crippen LogP contribution in [0.25, 0.3) is 0 Å². The Balaban J connectivity index is 2.55. The van der Waals surface area contributed by atoms with Crippen molar-refractivity contribution in [1.82, 2.24) is 10.6 Å². The van der Waals surface area contributed by atoms with Crippen molar-refractivity contribution in [3.8, 4) is 5.75 Å². The molecule has 122 valence electrons. The molecule has 2 amide bonds. The monoisotopic (exact) mass is 326 g/mol. The van der Waals surface area contributed by atoms with Gasteiger partial charge in [-0.1, -0.05) is 25.4 Å². The Morgan fingerprint density at radius 1 is 1.23 bits per heavy atom. The Morgan fingerprint density at radius 2 is 1.86 bits per heavy atom. The highest BCUT2D eigenvalue weighted by atomic mass is 35.5. The van der Waals surface area contributed by atoms with E-state index in [-0.39, 0.29) is 24.3 Å². The summed E-state index contributed by atoms with van der Waals surface area (Å²) in [4.78, 5) is 22.4. The molecule has 0 aliphatic rings. The molecule has 1 aromatic rings. The third kappa shape index (κ3) is 5.93. The molecule has 0 aromatic heterocycles. The SMILES string of the molecule is CC(=O)NCCNC(=O)COc1cc(C)c(Cl)cc1C(C)C. The van der Waals surface area contributed by atoms with E-state index in [1.165, 1.54) is 6.92 Å². The fourth-order valence-corrected chi connectivity index (χ4v) is 2.05. The molecule has 0 unspecified atom stereocenters. The summed E-state index contributed by atoms with van der Waals surface area (Å²) in [6.07, 6.45) is 0. The van der Waals surface area contributed by atoms with Gasteiger partial charge in [0, 0.05) is 25.0 Å². The summed E-state index contributed by atoms with van der Waals surface area (Å²) >= 11 is 6.13. The molecule has 0 fully saturated rings. The zero-order valence-electron chi connectivity index (χ0n) is 13.5. The van der Waals surface area contributed by atoms with E-state index in [9.17, 15) is 9.59 Å². The number of aryl methyl sites for hydroxylation is 1. The Labute approximate surface area is 136 Å². The maximum atomic E-state index is 11.7. The summed E-state index contributed by atoms with van der Waals surface area (Å²) in [7, 11) is 0. The Hall–Kier alpha value is -1.75. The van der Waals surface area contributed by atoms with E-state index in [0.717, 1.165) is 11.1 Å². The lowest BCUT2D eigenvalue weighted by Gasteiger charge is -2.16. The standard InChI is InChI=1S/C16H23ClN2O3/c1-10(2)13-8-14(17)11(3)7-15(13)22-9-16(21)19-6-5-18-12(4)20/h7-8,10H,5-6,9H2,1-4H3,(H,18,20)(H,19,21). The van der Waals surface area contributed by atoms with Gasteiger partial charge in [0.15, 0.2) is 6.61 Å². The van der Waals surface area contributed by atoms with Crippen LogP contribution in [0.1, 0.15) is 37.8 Å². The fraction of sp³-hybridized carbons (Fsp3) is 0.500. The second kappa shape index (κ2) is 8.63. The van der Waals surface area contributed by atoms with Crippen molar-refractivity contribution in [1.29, 1.82) is 0 Å². The number of halogens is 1. The van der Waals surface area contributed by atoms with Crippen molar-refractivity contribution in [2.45, 2.75) is 33.6 Å². The summed E-state index contributed by atoms with van der Waals surface area (Å²) in [6.45, 7) is 8.12. The maximum Gasteiger partial charge on any atom is 0.258 e. The van der Waals surface area contributed by atoms with Crippen molar-refractivity contribution in [3.05, 3.63) is 28.3 Å². The van der Waals surface area contributed by atoms with Crippen LogP contribution < -0.4 is 15.4 Å². The summed E-state index contributed by atoms with van der Waals surface area (Å²) in [5.74, 6) is 0.571. The van der Waals surface area contributed by atoms with E-state index in [0.29, 0.717) is 23.9 Å². The zero-order valence-corrected chi connectivity index (χ0v) is 14.2. The van der Waals surface area contributed by atoms with Crippen LogP contribution in [0.2, 0.25) is 5.02 Å². The lowest BCUT2D eigenvalue weighted by atomic mass is 10.0. The van der Waals surface area contributed by atoms with Crippen molar-refractivity contribution < 1.29 is 14.3 Å². The van der Waals surface area contributed by atoms with Gasteiger partial charge in [-0.15, -0.1) is 0 Å². The molecule has 0 bridgehead atoms. The fourth-order valence-electron chi connectivity index (χ4n) is 1.88. The molecule has 0 spiro atoms. The number of carbonyl (C=O) groups is 2. The van der Waals surface area contributed by atoms with Crippen LogP contribution in [-0.4, -0.2) is 31.5 Å². The first-order valence-electron chi connectivity index (χ1n) is 7.25. The molecule has 5 nitrogen and oxygen atoms in total. The number of hydrogen-bond donors (Lipinski definition) is 2. The third-order valence-electron chi connectivity index (χ3n) is 3.09. The topological polar surface area (TPSA) is 67.4 Å². The second-order valence-electron chi connectivity index (χ2n) is 5.42. The number of rotatable bonds is 7. The lowest BCUT2D eigenvalue weighted by molar-refractivity contribution is -0.123. The van der Waals surface area contributed by atoms with Crippen LogP contribution in [0.3, 0.4) is 0 Å². The molecule has 1 rings (SSSR count). The highest BCUT2D eigenvalue weighted by Gasteiger charge is 2.12. The van der Waals surface area contributed by atoms with Crippen LogP contribution in [0.4, 0.5) is 0 Å². The Morgan fingerprint density at radius 3 is 2.45 bits per heavy atom. The molecular weight excluding hydrogens is 304 g/mol. The molecule has 0 aliphatic carbocycles. The van der Waals surface area contributed by atoms with Gasteiger partial charge < -0.3 is 15.4 Å². The van der Waals surface area contributed by atoms with Gasteiger partial charge in [0.25, 0.3) is 5.91 Å². The first-order chi connectivity index (χ1) is 10.3. The van der Waals surface area contributed by atoms with Gasteiger partial charge in [-0.05, 0) is 36.1 Å². The quantitative estimate of drug-likeness (QED) is 0.756. The lowest BCUT2D eigenvalue weighted by Crippen LogP contribution is -2.36. The second-order valence-corrected chi connectivity index (χ2v) is 5.82. The van der Waals surface area contributed by atoms with E-state index < -0.39 is 0 Å². The van der Waals surface area contributed by atoms with Gasteiger partial charge in [0.1, 0.15) is 5.75 Å². The minimum atomic E-state index is -0.229. The largest absolute Gasteiger partial charge is 0.483 e. The molecule has 2 N–H and O–H groups in total. The zero-order chi connectivity index (χ0) is 16.7. The maximum absolute atomic E-state index is 11.7. The predicted octanol–water partition coefficient (Wildman–Crippen LogP) is 2.40. The molecule has 1 aromatic carbocycles. The van der Waals surface area contributed by atoms with E-state index in [1.807, 2.05) is 32.9 Å². The van der Waals surface area contributed by atoms with Crippen LogP contribution in [-0.2, 0) is 9.59 Å².